The molecule has 2 heterocycles. The van der Waals surface area contributed by atoms with Gasteiger partial charge in [-0.15, -0.1) is 11.3 Å². The molecule has 0 aliphatic heterocycles. The SMILES string of the molecule is NC1(c2nc(-c3cc4ccccc4o3)cs2)CCCCC1. The molecule has 0 unspecified atom stereocenters. The third-order valence-corrected chi connectivity index (χ3v) is 5.42. The second-order valence-corrected chi connectivity index (χ2v) is 6.76. The Balaban J connectivity index is 1.70. The van der Waals surface area contributed by atoms with Crippen molar-refractivity contribution in [2.75, 3.05) is 0 Å². The molecule has 4 rings (SSSR count). The van der Waals surface area contributed by atoms with Crippen LogP contribution in [-0.4, -0.2) is 4.98 Å². The first kappa shape index (κ1) is 13.0. The highest BCUT2D eigenvalue weighted by Gasteiger charge is 2.32. The highest BCUT2D eigenvalue weighted by molar-refractivity contribution is 7.10. The van der Waals surface area contributed by atoms with Crippen LogP contribution in [0.2, 0.25) is 0 Å². The van der Waals surface area contributed by atoms with Crippen molar-refractivity contribution in [2.24, 2.45) is 5.73 Å². The largest absolute Gasteiger partial charge is 0.454 e. The Morgan fingerprint density at radius 2 is 1.95 bits per heavy atom. The molecular formula is C17H18N2OS. The van der Waals surface area contributed by atoms with Crippen LogP contribution in [-0.2, 0) is 5.54 Å². The first-order valence-corrected chi connectivity index (χ1v) is 8.36. The molecule has 3 aromatic rings. The van der Waals surface area contributed by atoms with Crippen molar-refractivity contribution in [3.8, 4) is 11.5 Å². The number of hydrogen-bond acceptors (Lipinski definition) is 4. The van der Waals surface area contributed by atoms with Crippen LogP contribution in [0.4, 0.5) is 0 Å². The molecule has 3 nitrogen and oxygen atoms in total. The summed E-state index contributed by atoms with van der Waals surface area (Å²) in [4.78, 5) is 4.77. The predicted molar refractivity (Wildman–Crippen MR) is 86.3 cm³/mol. The van der Waals surface area contributed by atoms with Gasteiger partial charge in [-0.2, -0.15) is 0 Å². The van der Waals surface area contributed by atoms with Gasteiger partial charge in [0, 0.05) is 10.8 Å². The summed E-state index contributed by atoms with van der Waals surface area (Å²) in [5, 5.41) is 4.23. The van der Waals surface area contributed by atoms with E-state index in [-0.39, 0.29) is 5.54 Å². The number of nitrogens with zero attached hydrogens (tertiary/aromatic N) is 1. The lowest BCUT2D eigenvalue weighted by Gasteiger charge is -2.31. The number of rotatable bonds is 2. The number of aromatic nitrogens is 1. The van der Waals surface area contributed by atoms with Gasteiger partial charge in [0.05, 0.1) is 5.54 Å². The predicted octanol–water partition coefficient (Wildman–Crippen LogP) is 4.67. The molecule has 0 bridgehead atoms. The zero-order valence-electron chi connectivity index (χ0n) is 11.8. The summed E-state index contributed by atoms with van der Waals surface area (Å²) in [5.74, 6) is 0.832. The molecule has 1 aromatic carbocycles. The summed E-state index contributed by atoms with van der Waals surface area (Å²) < 4.78 is 5.89. The van der Waals surface area contributed by atoms with Gasteiger partial charge in [-0.3, -0.25) is 0 Å². The van der Waals surface area contributed by atoms with Crippen LogP contribution in [0.25, 0.3) is 22.4 Å². The number of thiazole rings is 1. The fraction of sp³-hybridized carbons (Fsp3) is 0.353. The standard InChI is InChI=1S/C17H18N2OS/c18-17(8-4-1-5-9-17)16-19-13(11-21-16)15-10-12-6-2-3-7-14(12)20-15/h2-3,6-7,10-11H,1,4-5,8-9,18H2. The Bertz CT molecular complexity index is 735. The number of benzene rings is 1. The number of fused-ring (bicyclic) bond motifs is 1. The van der Waals surface area contributed by atoms with Crippen molar-refractivity contribution < 1.29 is 4.42 Å². The van der Waals surface area contributed by atoms with E-state index in [2.05, 4.69) is 17.5 Å². The van der Waals surface area contributed by atoms with Gasteiger partial charge in [-0.05, 0) is 25.0 Å². The summed E-state index contributed by atoms with van der Waals surface area (Å²) in [7, 11) is 0. The first-order valence-electron chi connectivity index (χ1n) is 7.48. The minimum absolute atomic E-state index is 0.229. The lowest BCUT2D eigenvalue weighted by atomic mass is 9.83. The van der Waals surface area contributed by atoms with Gasteiger partial charge < -0.3 is 10.2 Å². The summed E-state index contributed by atoms with van der Waals surface area (Å²) >= 11 is 1.66. The molecule has 0 amide bonds. The van der Waals surface area contributed by atoms with E-state index < -0.39 is 0 Å². The van der Waals surface area contributed by atoms with Gasteiger partial charge in [-0.25, -0.2) is 4.98 Å². The summed E-state index contributed by atoms with van der Waals surface area (Å²) in [6.07, 6.45) is 5.78. The number of nitrogens with two attached hydrogens (primary N) is 1. The minimum atomic E-state index is -0.229. The first-order chi connectivity index (χ1) is 10.2. The quantitative estimate of drug-likeness (QED) is 0.747. The zero-order chi connectivity index (χ0) is 14.3. The monoisotopic (exact) mass is 298 g/mol. The van der Waals surface area contributed by atoms with E-state index >= 15 is 0 Å². The third kappa shape index (κ3) is 2.28. The van der Waals surface area contributed by atoms with E-state index in [0.29, 0.717) is 0 Å². The van der Waals surface area contributed by atoms with Gasteiger partial charge in [0.15, 0.2) is 5.76 Å². The fourth-order valence-corrected chi connectivity index (χ4v) is 4.10. The van der Waals surface area contributed by atoms with E-state index in [1.54, 1.807) is 11.3 Å². The van der Waals surface area contributed by atoms with Crippen molar-refractivity contribution in [3.63, 3.8) is 0 Å². The highest BCUT2D eigenvalue weighted by Crippen LogP contribution is 2.38. The number of furan rings is 1. The van der Waals surface area contributed by atoms with E-state index in [9.17, 15) is 0 Å². The smallest absolute Gasteiger partial charge is 0.154 e. The lowest BCUT2D eigenvalue weighted by molar-refractivity contribution is 0.301. The molecule has 1 saturated carbocycles. The lowest BCUT2D eigenvalue weighted by Crippen LogP contribution is -2.38. The Morgan fingerprint density at radius 3 is 2.76 bits per heavy atom. The van der Waals surface area contributed by atoms with Crippen molar-refractivity contribution in [1.82, 2.24) is 4.98 Å². The molecule has 0 atom stereocenters. The Morgan fingerprint density at radius 1 is 1.14 bits per heavy atom. The molecule has 1 aliphatic rings. The Kier molecular flexibility index (Phi) is 3.08. The molecule has 0 radical (unpaired) electrons. The second-order valence-electron chi connectivity index (χ2n) is 5.90. The van der Waals surface area contributed by atoms with E-state index in [4.69, 9.17) is 15.1 Å². The fourth-order valence-electron chi connectivity index (χ4n) is 3.12. The maximum Gasteiger partial charge on any atom is 0.154 e. The molecule has 108 valence electrons. The Hall–Kier alpha value is -1.65. The van der Waals surface area contributed by atoms with E-state index in [0.717, 1.165) is 40.3 Å². The molecule has 21 heavy (non-hydrogen) atoms. The molecule has 0 saturated heterocycles. The van der Waals surface area contributed by atoms with Gasteiger partial charge in [0.2, 0.25) is 0 Å². The van der Waals surface area contributed by atoms with Crippen LogP contribution >= 0.6 is 11.3 Å². The van der Waals surface area contributed by atoms with Crippen LogP contribution in [0.3, 0.4) is 0 Å². The van der Waals surface area contributed by atoms with Gasteiger partial charge >= 0.3 is 0 Å². The second kappa shape index (κ2) is 4.97. The van der Waals surface area contributed by atoms with Crippen LogP contribution in [0.5, 0.6) is 0 Å². The molecule has 2 N–H and O–H groups in total. The van der Waals surface area contributed by atoms with Crippen LogP contribution < -0.4 is 5.73 Å². The molecular weight excluding hydrogens is 280 g/mol. The van der Waals surface area contributed by atoms with Gasteiger partial charge in [0.25, 0.3) is 0 Å². The van der Waals surface area contributed by atoms with Crippen LogP contribution in [0.15, 0.2) is 40.1 Å². The maximum absolute atomic E-state index is 6.56. The topological polar surface area (TPSA) is 52.0 Å². The van der Waals surface area contributed by atoms with Crippen molar-refractivity contribution in [2.45, 2.75) is 37.6 Å². The summed E-state index contributed by atoms with van der Waals surface area (Å²) in [6.45, 7) is 0. The average molecular weight is 298 g/mol. The van der Waals surface area contributed by atoms with Crippen molar-refractivity contribution in [3.05, 3.63) is 40.7 Å². The Labute approximate surface area is 127 Å². The van der Waals surface area contributed by atoms with Crippen LogP contribution in [0, 0.1) is 0 Å². The van der Waals surface area contributed by atoms with Crippen molar-refractivity contribution in [1.29, 1.82) is 0 Å². The van der Waals surface area contributed by atoms with Gasteiger partial charge in [-0.1, -0.05) is 37.5 Å². The molecule has 2 aromatic heterocycles. The highest BCUT2D eigenvalue weighted by atomic mass is 32.1. The molecule has 4 heteroatoms. The van der Waals surface area contributed by atoms with Crippen LogP contribution in [0.1, 0.15) is 37.1 Å². The average Bonchev–Trinajstić information content (AvgIpc) is 3.15. The molecule has 0 spiro atoms. The molecule has 1 fully saturated rings. The minimum Gasteiger partial charge on any atom is -0.454 e. The zero-order valence-corrected chi connectivity index (χ0v) is 12.7. The van der Waals surface area contributed by atoms with E-state index in [1.165, 1.54) is 19.3 Å². The molecule has 1 aliphatic carbocycles. The number of para-hydroxylation sites is 1. The normalized spacial score (nSPS) is 18.1. The maximum atomic E-state index is 6.56. The third-order valence-electron chi connectivity index (χ3n) is 4.35. The van der Waals surface area contributed by atoms with E-state index in [1.807, 2.05) is 18.2 Å². The number of hydrogen-bond donors (Lipinski definition) is 1. The summed E-state index contributed by atoms with van der Waals surface area (Å²) in [5.41, 5.74) is 8.14. The van der Waals surface area contributed by atoms with Gasteiger partial charge in [0.1, 0.15) is 16.3 Å². The van der Waals surface area contributed by atoms with Crippen molar-refractivity contribution >= 4 is 22.3 Å². The summed E-state index contributed by atoms with van der Waals surface area (Å²) in [6, 6.07) is 10.1.